The van der Waals surface area contributed by atoms with Crippen molar-refractivity contribution < 1.29 is 24.5 Å². The molecule has 0 N–H and O–H groups in total. The second-order valence-corrected chi connectivity index (χ2v) is 8.93. The molecule has 0 atom stereocenters. The fourth-order valence-corrected chi connectivity index (χ4v) is 4.98. The summed E-state index contributed by atoms with van der Waals surface area (Å²) in [5, 5.41) is 0.814. The van der Waals surface area contributed by atoms with Crippen LogP contribution in [0.2, 0.25) is 0 Å². The first kappa shape index (κ1) is 21.7. The molecule has 0 bridgehead atoms. The van der Waals surface area contributed by atoms with E-state index in [2.05, 4.69) is 74.5 Å². The fraction of sp³-hybridized carbons (Fsp3) is 0.100. The molecule has 1 nitrogen and oxygen atoms in total. The molecule has 0 unspecified atom stereocenters. The van der Waals surface area contributed by atoms with Crippen LogP contribution in [0.15, 0.2) is 91.0 Å². The molecule has 163 valence electrons. The van der Waals surface area contributed by atoms with Crippen molar-refractivity contribution in [1.29, 1.82) is 0 Å². The predicted molar refractivity (Wildman–Crippen MR) is 129 cm³/mol. The molecule has 1 heterocycles. The minimum atomic E-state index is -0.257. The zero-order valence-electron chi connectivity index (χ0n) is 18.3. The molecular formula is C30H21FIrN-. The summed E-state index contributed by atoms with van der Waals surface area (Å²) < 4.78 is 14.1. The first-order valence-electron chi connectivity index (χ1n) is 10.8. The van der Waals surface area contributed by atoms with Crippen molar-refractivity contribution in [2.75, 3.05) is 0 Å². The summed E-state index contributed by atoms with van der Waals surface area (Å²) in [6, 6.07) is 33.4. The summed E-state index contributed by atoms with van der Waals surface area (Å²) >= 11 is 0. The molecule has 0 spiro atoms. The number of benzene rings is 4. The smallest absolute Gasteiger partial charge is 0.123 e. The number of pyridine rings is 1. The van der Waals surface area contributed by atoms with Crippen molar-refractivity contribution >= 4 is 10.9 Å². The third-order valence-electron chi connectivity index (χ3n) is 6.65. The SMILES string of the molecule is CC1(C)c2ccccc2-c2c[c-]c(-c3cc(-c4ccccc4)c4cc(F)ccc4n3)cc21.[Ir]. The van der Waals surface area contributed by atoms with Gasteiger partial charge >= 0.3 is 0 Å². The maximum absolute atomic E-state index is 14.1. The van der Waals surface area contributed by atoms with Crippen molar-refractivity contribution in [2.24, 2.45) is 0 Å². The Hall–Kier alpha value is -3.13. The summed E-state index contributed by atoms with van der Waals surface area (Å²) in [5.41, 5.74) is 9.65. The Kier molecular flexibility index (Phi) is 5.28. The molecule has 0 aliphatic heterocycles. The van der Waals surface area contributed by atoms with Gasteiger partial charge in [0, 0.05) is 25.5 Å². The largest absolute Gasteiger partial charge is 0.296 e. The van der Waals surface area contributed by atoms with Gasteiger partial charge in [0.05, 0.1) is 5.52 Å². The number of fused-ring (bicyclic) bond motifs is 4. The molecule has 0 amide bonds. The van der Waals surface area contributed by atoms with E-state index in [1.54, 1.807) is 12.1 Å². The van der Waals surface area contributed by atoms with Gasteiger partial charge < -0.3 is 0 Å². The van der Waals surface area contributed by atoms with E-state index in [1.165, 1.54) is 28.3 Å². The molecular weight excluding hydrogens is 586 g/mol. The molecule has 5 aromatic rings. The van der Waals surface area contributed by atoms with Crippen LogP contribution in [0.3, 0.4) is 0 Å². The number of nitrogens with zero attached hydrogens (tertiary/aromatic N) is 1. The van der Waals surface area contributed by atoms with Crippen LogP contribution < -0.4 is 0 Å². The van der Waals surface area contributed by atoms with Crippen LogP contribution in [0, 0.1) is 11.9 Å². The first-order chi connectivity index (χ1) is 15.5. The zero-order chi connectivity index (χ0) is 21.9. The van der Waals surface area contributed by atoms with Gasteiger partial charge in [-0.3, -0.25) is 4.98 Å². The van der Waals surface area contributed by atoms with Gasteiger partial charge in [-0.05, 0) is 46.0 Å². The number of hydrogen-bond donors (Lipinski definition) is 0. The molecule has 33 heavy (non-hydrogen) atoms. The Balaban J connectivity index is 0.00000228. The molecule has 3 heteroatoms. The molecule has 1 radical (unpaired) electrons. The van der Waals surface area contributed by atoms with E-state index in [0.717, 1.165) is 33.3 Å². The summed E-state index contributed by atoms with van der Waals surface area (Å²) in [4.78, 5) is 4.90. The van der Waals surface area contributed by atoms with Crippen molar-refractivity contribution in [3.8, 4) is 33.5 Å². The average molecular weight is 607 g/mol. The fourth-order valence-electron chi connectivity index (χ4n) is 4.98. The van der Waals surface area contributed by atoms with Crippen LogP contribution in [0.5, 0.6) is 0 Å². The van der Waals surface area contributed by atoms with Crippen LogP contribution in [0.4, 0.5) is 4.39 Å². The third-order valence-corrected chi connectivity index (χ3v) is 6.65. The minimum absolute atomic E-state index is 0. The van der Waals surface area contributed by atoms with E-state index in [4.69, 9.17) is 4.98 Å². The van der Waals surface area contributed by atoms with Crippen molar-refractivity contribution in [1.82, 2.24) is 4.98 Å². The summed E-state index contributed by atoms with van der Waals surface area (Å²) in [6.07, 6.45) is 0. The van der Waals surface area contributed by atoms with E-state index in [0.29, 0.717) is 0 Å². The summed E-state index contributed by atoms with van der Waals surface area (Å²) in [7, 11) is 0. The normalized spacial score (nSPS) is 13.3. The molecule has 4 aromatic carbocycles. The summed E-state index contributed by atoms with van der Waals surface area (Å²) in [5.74, 6) is -0.257. The molecule has 0 saturated carbocycles. The summed E-state index contributed by atoms with van der Waals surface area (Å²) in [6.45, 7) is 4.54. The molecule has 1 aliphatic rings. The van der Waals surface area contributed by atoms with Gasteiger partial charge in [0.25, 0.3) is 0 Å². The molecule has 0 fully saturated rings. The van der Waals surface area contributed by atoms with Crippen LogP contribution >= 0.6 is 0 Å². The van der Waals surface area contributed by atoms with E-state index < -0.39 is 0 Å². The molecule has 0 saturated heterocycles. The zero-order valence-corrected chi connectivity index (χ0v) is 20.7. The average Bonchev–Trinajstić information content (AvgIpc) is 3.06. The minimum Gasteiger partial charge on any atom is -0.296 e. The van der Waals surface area contributed by atoms with Gasteiger partial charge in [-0.2, -0.15) is 0 Å². The van der Waals surface area contributed by atoms with Crippen LogP contribution in [0.25, 0.3) is 44.4 Å². The van der Waals surface area contributed by atoms with E-state index >= 15 is 0 Å². The Morgan fingerprint density at radius 3 is 2.33 bits per heavy atom. The quantitative estimate of drug-likeness (QED) is 0.187. The van der Waals surface area contributed by atoms with Crippen molar-refractivity contribution in [3.05, 3.63) is 114 Å². The standard InChI is InChI=1S/C30H21FN.Ir/c1-30(2)26-11-7-6-10-22(26)23-14-12-20(16-27(23)30)29-18-24(19-8-4-3-5-9-19)25-17-21(31)13-15-28(25)32-29;/h3-11,13-18H,1-2H3;/q-1;. The number of aromatic nitrogens is 1. The second kappa shape index (κ2) is 8.02. The van der Waals surface area contributed by atoms with Crippen molar-refractivity contribution in [3.63, 3.8) is 0 Å². The van der Waals surface area contributed by atoms with Gasteiger partial charge in [0.2, 0.25) is 0 Å². The predicted octanol–water partition coefficient (Wildman–Crippen LogP) is 7.81. The van der Waals surface area contributed by atoms with Crippen LogP contribution in [-0.4, -0.2) is 4.98 Å². The number of hydrogen-bond acceptors (Lipinski definition) is 1. The molecule has 1 aliphatic carbocycles. The maximum atomic E-state index is 14.1. The monoisotopic (exact) mass is 607 g/mol. The van der Waals surface area contributed by atoms with Gasteiger partial charge in [-0.1, -0.05) is 85.6 Å². The van der Waals surface area contributed by atoms with E-state index in [-0.39, 0.29) is 31.3 Å². The Morgan fingerprint density at radius 1 is 0.758 bits per heavy atom. The van der Waals surface area contributed by atoms with Gasteiger partial charge in [0.1, 0.15) is 5.82 Å². The Labute approximate surface area is 206 Å². The molecule has 6 rings (SSSR count). The molecule has 1 aromatic heterocycles. The second-order valence-electron chi connectivity index (χ2n) is 8.93. The van der Waals surface area contributed by atoms with Gasteiger partial charge in [-0.25, -0.2) is 4.39 Å². The first-order valence-corrected chi connectivity index (χ1v) is 10.8. The maximum Gasteiger partial charge on any atom is 0.123 e. The van der Waals surface area contributed by atoms with Crippen LogP contribution in [0.1, 0.15) is 25.0 Å². The van der Waals surface area contributed by atoms with Crippen molar-refractivity contribution in [2.45, 2.75) is 19.3 Å². The number of halogens is 1. The van der Waals surface area contributed by atoms with E-state index in [1.807, 2.05) is 18.2 Å². The van der Waals surface area contributed by atoms with Gasteiger partial charge in [-0.15, -0.1) is 29.3 Å². The third kappa shape index (κ3) is 3.44. The Morgan fingerprint density at radius 2 is 1.52 bits per heavy atom. The van der Waals surface area contributed by atoms with Gasteiger partial charge in [0.15, 0.2) is 0 Å². The topological polar surface area (TPSA) is 12.9 Å². The number of rotatable bonds is 2. The van der Waals surface area contributed by atoms with E-state index in [9.17, 15) is 4.39 Å². The van der Waals surface area contributed by atoms with Crippen LogP contribution in [-0.2, 0) is 25.5 Å². The Bertz CT molecular complexity index is 1510.